The summed E-state index contributed by atoms with van der Waals surface area (Å²) in [6.07, 6.45) is 0.247. The smallest absolute Gasteiger partial charge is 0.245 e. The van der Waals surface area contributed by atoms with Crippen LogP contribution in [0.4, 0.5) is 0 Å². The average Bonchev–Trinajstić information content (AvgIpc) is 1.84. The van der Waals surface area contributed by atoms with Crippen LogP contribution in [0.1, 0.15) is 0 Å². The fourth-order valence-electron chi connectivity index (χ4n) is 0.646. The van der Waals surface area contributed by atoms with E-state index in [9.17, 15) is 4.79 Å². The summed E-state index contributed by atoms with van der Waals surface area (Å²) in [5.74, 6) is -0.0631. The first-order chi connectivity index (χ1) is 4.83. The number of nitrogens with one attached hydrogen (secondary N) is 2. The van der Waals surface area contributed by atoms with E-state index < -0.39 is 0 Å². The molecule has 0 saturated carbocycles. The Morgan fingerprint density at radius 1 is 1.80 bits per heavy atom. The summed E-state index contributed by atoms with van der Waals surface area (Å²) in [5.41, 5.74) is 0. The maximum absolute atomic E-state index is 10.6. The Labute approximate surface area is 59.9 Å². The third-order valence-corrected chi connectivity index (χ3v) is 1.47. The van der Waals surface area contributed by atoms with Crippen LogP contribution in [0, 0.1) is 0 Å². The zero-order chi connectivity index (χ0) is 7.40. The van der Waals surface area contributed by atoms with Crippen LogP contribution in [-0.2, 0) is 9.53 Å². The van der Waals surface area contributed by atoms with Crippen LogP contribution in [-0.4, -0.2) is 38.8 Å². The molecule has 10 heavy (non-hydrogen) atoms. The predicted molar refractivity (Wildman–Crippen MR) is 36.7 cm³/mol. The van der Waals surface area contributed by atoms with Crippen molar-refractivity contribution in [3.8, 4) is 0 Å². The third kappa shape index (κ3) is 1.97. The first-order valence-corrected chi connectivity index (χ1v) is 3.36. The Bertz CT molecular complexity index is 123. The molecule has 0 aromatic rings. The minimum Gasteiger partial charge on any atom is -0.366 e. The van der Waals surface area contributed by atoms with E-state index in [1.165, 1.54) is 0 Å². The molecule has 1 fully saturated rings. The van der Waals surface area contributed by atoms with E-state index in [1.54, 1.807) is 7.05 Å². The second kappa shape index (κ2) is 3.53. The molecule has 0 unspecified atom stereocenters. The molecule has 1 saturated heterocycles. The highest BCUT2D eigenvalue weighted by atomic mass is 16.5. The van der Waals surface area contributed by atoms with Crippen LogP contribution in [0.25, 0.3) is 0 Å². The molecule has 4 nitrogen and oxygen atoms in total. The monoisotopic (exact) mass is 144 g/mol. The lowest BCUT2D eigenvalue weighted by molar-refractivity contribution is -0.128. The highest BCUT2D eigenvalue weighted by molar-refractivity contribution is 5.76. The zero-order valence-electron chi connectivity index (χ0n) is 6.02. The lowest BCUT2D eigenvalue weighted by Crippen LogP contribution is -2.49. The van der Waals surface area contributed by atoms with Crippen molar-refractivity contribution in [3.05, 3.63) is 0 Å². The van der Waals surface area contributed by atoms with Gasteiger partial charge in [0.25, 0.3) is 0 Å². The van der Waals surface area contributed by atoms with Crippen LogP contribution in [0.15, 0.2) is 0 Å². The lowest BCUT2D eigenvalue weighted by Gasteiger charge is -2.26. The molecule has 0 spiro atoms. The molecule has 0 aromatic heterocycles. The van der Waals surface area contributed by atoms with Crippen LogP contribution in [0.5, 0.6) is 0 Å². The van der Waals surface area contributed by atoms with Crippen molar-refractivity contribution in [2.24, 2.45) is 0 Å². The van der Waals surface area contributed by atoms with Gasteiger partial charge in [-0.15, -0.1) is 0 Å². The molecular formula is C6H12N2O2. The number of carbonyl (C=O) groups excluding carboxylic acids is 1. The standard InChI is InChI=1S/C6H12N2O2/c1-7-6(9)4-10-5-2-8-3-5/h5,8H,2-4H2,1H3,(H,7,9). The Hall–Kier alpha value is -0.610. The number of rotatable bonds is 3. The van der Waals surface area contributed by atoms with Gasteiger partial charge in [0.05, 0.1) is 6.10 Å². The molecule has 4 heteroatoms. The van der Waals surface area contributed by atoms with Crippen molar-refractivity contribution < 1.29 is 9.53 Å². The normalized spacial score (nSPS) is 18.1. The van der Waals surface area contributed by atoms with Gasteiger partial charge in [-0.25, -0.2) is 0 Å². The van der Waals surface area contributed by atoms with Crippen molar-refractivity contribution in [1.29, 1.82) is 0 Å². The third-order valence-electron chi connectivity index (χ3n) is 1.47. The van der Waals surface area contributed by atoms with Gasteiger partial charge < -0.3 is 15.4 Å². The van der Waals surface area contributed by atoms with E-state index in [1.807, 2.05) is 0 Å². The summed E-state index contributed by atoms with van der Waals surface area (Å²) < 4.78 is 5.16. The summed E-state index contributed by atoms with van der Waals surface area (Å²) >= 11 is 0. The molecule has 1 aliphatic rings. The second-order valence-corrected chi connectivity index (χ2v) is 2.26. The first kappa shape index (κ1) is 7.50. The molecule has 0 atom stereocenters. The van der Waals surface area contributed by atoms with Gasteiger partial charge >= 0.3 is 0 Å². The Balaban J connectivity index is 1.98. The Kier molecular flexibility index (Phi) is 2.65. The molecule has 1 heterocycles. The molecule has 0 aliphatic carbocycles. The van der Waals surface area contributed by atoms with E-state index in [2.05, 4.69) is 10.6 Å². The van der Waals surface area contributed by atoms with Gasteiger partial charge in [0.1, 0.15) is 6.61 Å². The van der Waals surface area contributed by atoms with Crippen LogP contribution < -0.4 is 10.6 Å². The van der Waals surface area contributed by atoms with Crippen molar-refractivity contribution in [3.63, 3.8) is 0 Å². The number of amides is 1. The van der Waals surface area contributed by atoms with Crippen LogP contribution in [0.3, 0.4) is 0 Å². The van der Waals surface area contributed by atoms with Crippen molar-refractivity contribution >= 4 is 5.91 Å². The minimum absolute atomic E-state index is 0.0631. The minimum atomic E-state index is -0.0631. The van der Waals surface area contributed by atoms with Crippen molar-refractivity contribution in [2.75, 3.05) is 26.7 Å². The fourth-order valence-corrected chi connectivity index (χ4v) is 0.646. The number of carbonyl (C=O) groups is 1. The van der Waals surface area contributed by atoms with E-state index in [-0.39, 0.29) is 18.6 Å². The number of ether oxygens (including phenoxy) is 1. The molecule has 2 N–H and O–H groups in total. The molecule has 1 amide bonds. The van der Waals surface area contributed by atoms with E-state index in [0.29, 0.717) is 0 Å². The first-order valence-electron chi connectivity index (χ1n) is 3.36. The molecule has 0 radical (unpaired) electrons. The maximum atomic E-state index is 10.6. The van der Waals surface area contributed by atoms with Gasteiger partial charge in [-0.2, -0.15) is 0 Å². The van der Waals surface area contributed by atoms with Gasteiger partial charge in [-0.1, -0.05) is 0 Å². The fraction of sp³-hybridized carbons (Fsp3) is 0.833. The highest BCUT2D eigenvalue weighted by Crippen LogP contribution is 1.96. The van der Waals surface area contributed by atoms with Gasteiger partial charge in [0.15, 0.2) is 0 Å². The predicted octanol–water partition coefficient (Wildman–Crippen LogP) is -1.28. The summed E-state index contributed by atoms with van der Waals surface area (Å²) in [5, 5.41) is 5.53. The summed E-state index contributed by atoms with van der Waals surface area (Å²) in [6, 6.07) is 0. The lowest BCUT2D eigenvalue weighted by atomic mass is 10.2. The topological polar surface area (TPSA) is 50.4 Å². The maximum Gasteiger partial charge on any atom is 0.245 e. The quantitative estimate of drug-likeness (QED) is 0.519. The Morgan fingerprint density at radius 3 is 2.90 bits per heavy atom. The van der Waals surface area contributed by atoms with Crippen molar-refractivity contribution in [2.45, 2.75) is 6.10 Å². The summed E-state index contributed by atoms with van der Waals surface area (Å²) in [4.78, 5) is 10.6. The highest BCUT2D eigenvalue weighted by Gasteiger charge is 2.17. The van der Waals surface area contributed by atoms with Gasteiger partial charge in [-0.3, -0.25) is 4.79 Å². The molecule has 0 aromatic carbocycles. The molecule has 1 rings (SSSR count). The summed E-state index contributed by atoms with van der Waals surface area (Å²) in [7, 11) is 1.60. The van der Waals surface area contributed by atoms with Crippen LogP contribution >= 0.6 is 0 Å². The SMILES string of the molecule is CNC(=O)COC1CNC1. The van der Waals surface area contributed by atoms with E-state index >= 15 is 0 Å². The van der Waals surface area contributed by atoms with Gasteiger partial charge in [0.2, 0.25) is 5.91 Å². The van der Waals surface area contributed by atoms with E-state index in [4.69, 9.17) is 4.74 Å². The van der Waals surface area contributed by atoms with E-state index in [0.717, 1.165) is 13.1 Å². The summed E-state index contributed by atoms with van der Waals surface area (Å²) in [6.45, 7) is 1.93. The second-order valence-electron chi connectivity index (χ2n) is 2.26. The zero-order valence-corrected chi connectivity index (χ0v) is 6.02. The number of hydrogen-bond acceptors (Lipinski definition) is 3. The molecule has 58 valence electrons. The number of likely N-dealkylation sites (N-methyl/N-ethyl adjacent to an activating group) is 1. The molecule has 0 bridgehead atoms. The number of hydrogen-bond donors (Lipinski definition) is 2. The Morgan fingerprint density at radius 2 is 2.50 bits per heavy atom. The molecule has 1 aliphatic heterocycles. The van der Waals surface area contributed by atoms with Gasteiger partial charge in [0, 0.05) is 20.1 Å². The van der Waals surface area contributed by atoms with Gasteiger partial charge in [-0.05, 0) is 0 Å². The van der Waals surface area contributed by atoms with Crippen molar-refractivity contribution in [1.82, 2.24) is 10.6 Å². The van der Waals surface area contributed by atoms with Crippen LogP contribution in [0.2, 0.25) is 0 Å². The largest absolute Gasteiger partial charge is 0.366 e. The average molecular weight is 144 g/mol. The molecular weight excluding hydrogens is 132 g/mol.